The number of carbonyl (C=O) groups excluding carboxylic acids is 1. The summed E-state index contributed by atoms with van der Waals surface area (Å²) in [5.41, 5.74) is -0.477. The fraction of sp³-hybridized carbons (Fsp3) is 0.550. The van der Waals surface area contributed by atoms with Crippen LogP contribution in [0.1, 0.15) is 43.1 Å². The van der Waals surface area contributed by atoms with Crippen LogP contribution in [0.4, 0.5) is 13.2 Å². The molecule has 4 rings (SSSR count). The molecule has 2 aliphatic heterocycles. The van der Waals surface area contributed by atoms with Crippen LogP contribution in [0.25, 0.3) is 11.4 Å². The zero-order valence-corrected chi connectivity index (χ0v) is 16.0. The highest BCUT2D eigenvalue weighted by Crippen LogP contribution is 2.32. The summed E-state index contributed by atoms with van der Waals surface area (Å²) in [6.45, 7) is 3.43. The van der Waals surface area contributed by atoms with Gasteiger partial charge in [-0.1, -0.05) is 17.3 Å². The van der Waals surface area contributed by atoms with Gasteiger partial charge in [0.2, 0.25) is 17.6 Å². The first kappa shape index (κ1) is 19.9. The van der Waals surface area contributed by atoms with E-state index in [4.69, 9.17) is 4.52 Å². The molecule has 3 heterocycles. The predicted molar refractivity (Wildman–Crippen MR) is 99.0 cm³/mol. The number of alkyl halides is 3. The molecule has 156 valence electrons. The lowest BCUT2D eigenvalue weighted by molar-refractivity contribution is -0.137. The first-order chi connectivity index (χ1) is 13.9. The van der Waals surface area contributed by atoms with Crippen molar-refractivity contribution in [2.24, 2.45) is 0 Å². The Kier molecular flexibility index (Phi) is 5.58. The minimum atomic E-state index is -4.42. The standard InChI is InChI=1S/C20H23F3N4O2/c21-20(22,23)16-6-4-5-14(11-16)18-24-19(29-25-18)15-7-10-26(12-15)13-17(28)27-8-2-1-3-9-27/h4-6,11,15H,1-3,7-10,12-13H2/t15-/m0/s1. The molecule has 9 heteroatoms. The van der Waals surface area contributed by atoms with Crippen LogP contribution in [0.3, 0.4) is 0 Å². The summed E-state index contributed by atoms with van der Waals surface area (Å²) in [4.78, 5) is 20.8. The van der Waals surface area contributed by atoms with Crippen LogP contribution >= 0.6 is 0 Å². The van der Waals surface area contributed by atoms with Crippen LogP contribution in [0.5, 0.6) is 0 Å². The first-order valence-electron chi connectivity index (χ1n) is 9.91. The normalized spacial score (nSPS) is 20.9. The number of hydrogen-bond donors (Lipinski definition) is 0. The predicted octanol–water partition coefficient (Wildman–Crippen LogP) is 3.56. The minimum Gasteiger partial charge on any atom is -0.342 e. The number of amides is 1. The minimum absolute atomic E-state index is 0.0174. The van der Waals surface area contributed by atoms with Gasteiger partial charge in [-0.05, 0) is 44.4 Å². The number of aromatic nitrogens is 2. The summed E-state index contributed by atoms with van der Waals surface area (Å²) in [7, 11) is 0. The maximum absolute atomic E-state index is 12.9. The van der Waals surface area contributed by atoms with Gasteiger partial charge in [-0.2, -0.15) is 18.2 Å². The van der Waals surface area contributed by atoms with Crippen molar-refractivity contribution in [2.45, 2.75) is 37.8 Å². The number of benzene rings is 1. The van der Waals surface area contributed by atoms with Crippen molar-refractivity contribution in [3.8, 4) is 11.4 Å². The number of nitrogens with zero attached hydrogens (tertiary/aromatic N) is 4. The molecule has 0 unspecified atom stereocenters. The van der Waals surface area contributed by atoms with E-state index < -0.39 is 11.7 Å². The summed E-state index contributed by atoms with van der Waals surface area (Å²) in [5.74, 6) is 0.691. The van der Waals surface area contributed by atoms with Gasteiger partial charge >= 0.3 is 6.18 Å². The van der Waals surface area contributed by atoms with E-state index in [2.05, 4.69) is 15.0 Å². The average Bonchev–Trinajstić information content (AvgIpc) is 3.38. The maximum Gasteiger partial charge on any atom is 0.416 e. The van der Waals surface area contributed by atoms with Crippen LogP contribution in [0.15, 0.2) is 28.8 Å². The molecule has 1 aromatic carbocycles. The summed E-state index contributed by atoms with van der Waals surface area (Å²) in [6, 6.07) is 4.89. The Morgan fingerprint density at radius 1 is 1.17 bits per heavy atom. The second-order valence-corrected chi connectivity index (χ2v) is 7.70. The lowest BCUT2D eigenvalue weighted by Crippen LogP contribution is -2.42. The largest absolute Gasteiger partial charge is 0.416 e. The summed E-state index contributed by atoms with van der Waals surface area (Å²) >= 11 is 0. The number of rotatable bonds is 4. The zero-order chi connectivity index (χ0) is 20.4. The van der Waals surface area contributed by atoms with Crippen LogP contribution in [0.2, 0.25) is 0 Å². The van der Waals surface area contributed by atoms with E-state index in [0.717, 1.165) is 51.0 Å². The van der Waals surface area contributed by atoms with Gasteiger partial charge in [0.05, 0.1) is 18.0 Å². The van der Waals surface area contributed by atoms with Crippen molar-refractivity contribution in [3.63, 3.8) is 0 Å². The molecular formula is C20H23F3N4O2. The first-order valence-corrected chi connectivity index (χ1v) is 9.91. The Hall–Kier alpha value is -2.42. The van der Waals surface area contributed by atoms with Crippen molar-refractivity contribution in [1.82, 2.24) is 19.9 Å². The number of hydrogen-bond acceptors (Lipinski definition) is 5. The average molecular weight is 408 g/mol. The van der Waals surface area contributed by atoms with Gasteiger partial charge in [0.1, 0.15) is 0 Å². The van der Waals surface area contributed by atoms with Crippen LogP contribution in [0, 0.1) is 0 Å². The van der Waals surface area contributed by atoms with E-state index in [-0.39, 0.29) is 23.2 Å². The third-order valence-corrected chi connectivity index (χ3v) is 5.58. The molecule has 0 radical (unpaired) electrons. The highest BCUT2D eigenvalue weighted by molar-refractivity contribution is 5.78. The molecule has 0 saturated carbocycles. The molecule has 2 aliphatic rings. The molecule has 29 heavy (non-hydrogen) atoms. The topological polar surface area (TPSA) is 62.5 Å². The van der Waals surface area contributed by atoms with Crippen LogP contribution in [-0.2, 0) is 11.0 Å². The zero-order valence-electron chi connectivity index (χ0n) is 16.0. The molecule has 1 atom stereocenters. The highest BCUT2D eigenvalue weighted by atomic mass is 19.4. The van der Waals surface area contributed by atoms with E-state index in [9.17, 15) is 18.0 Å². The highest BCUT2D eigenvalue weighted by Gasteiger charge is 2.32. The summed E-state index contributed by atoms with van der Waals surface area (Å²) in [5, 5.41) is 3.87. The van der Waals surface area contributed by atoms with Crippen LogP contribution < -0.4 is 0 Å². The Bertz CT molecular complexity index is 861. The SMILES string of the molecule is O=C(CN1CC[C@H](c2nc(-c3cccc(C(F)(F)F)c3)no2)C1)N1CCCCC1. The van der Waals surface area contributed by atoms with E-state index in [0.29, 0.717) is 19.0 Å². The third kappa shape index (κ3) is 4.60. The molecule has 0 spiro atoms. The molecule has 1 aromatic heterocycles. The molecule has 2 aromatic rings. The monoisotopic (exact) mass is 408 g/mol. The molecule has 2 saturated heterocycles. The Morgan fingerprint density at radius 2 is 1.97 bits per heavy atom. The third-order valence-electron chi connectivity index (χ3n) is 5.58. The molecule has 1 amide bonds. The molecule has 6 nitrogen and oxygen atoms in total. The second kappa shape index (κ2) is 8.14. The number of piperidine rings is 1. The quantitative estimate of drug-likeness (QED) is 0.774. The fourth-order valence-corrected chi connectivity index (χ4v) is 3.97. The van der Waals surface area contributed by atoms with E-state index in [1.54, 1.807) is 0 Å². The van der Waals surface area contributed by atoms with Crippen LogP contribution in [-0.4, -0.2) is 58.6 Å². The molecular weight excluding hydrogens is 385 g/mol. The van der Waals surface area contributed by atoms with Crippen molar-refractivity contribution in [2.75, 3.05) is 32.7 Å². The van der Waals surface area contributed by atoms with Crippen molar-refractivity contribution in [1.29, 1.82) is 0 Å². The Labute approximate surface area is 166 Å². The lowest BCUT2D eigenvalue weighted by Gasteiger charge is -2.28. The van der Waals surface area contributed by atoms with E-state index in [1.165, 1.54) is 18.6 Å². The molecule has 0 aliphatic carbocycles. The fourth-order valence-electron chi connectivity index (χ4n) is 3.97. The van der Waals surface area contributed by atoms with Crippen molar-refractivity contribution in [3.05, 3.63) is 35.7 Å². The van der Waals surface area contributed by atoms with Gasteiger partial charge in [0, 0.05) is 25.2 Å². The second-order valence-electron chi connectivity index (χ2n) is 7.70. The molecule has 0 bridgehead atoms. The molecule has 0 N–H and O–H groups in total. The van der Waals surface area contributed by atoms with Gasteiger partial charge in [-0.15, -0.1) is 0 Å². The maximum atomic E-state index is 12.9. The van der Waals surface area contributed by atoms with Gasteiger partial charge < -0.3 is 9.42 Å². The van der Waals surface area contributed by atoms with E-state index in [1.807, 2.05) is 4.90 Å². The smallest absolute Gasteiger partial charge is 0.342 e. The lowest BCUT2D eigenvalue weighted by atomic mass is 10.1. The van der Waals surface area contributed by atoms with Gasteiger partial charge in [0.25, 0.3) is 0 Å². The summed E-state index contributed by atoms with van der Waals surface area (Å²) in [6.07, 6.45) is -0.336. The Balaban J connectivity index is 1.38. The molecule has 2 fully saturated rings. The van der Waals surface area contributed by atoms with Crippen molar-refractivity contribution >= 4 is 5.91 Å². The van der Waals surface area contributed by atoms with E-state index >= 15 is 0 Å². The van der Waals surface area contributed by atoms with Crippen molar-refractivity contribution < 1.29 is 22.5 Å². The van der Waals surface area contributed by atoms with Gasteiger partial charge in [-0.3, -0.25) is 9.69 Å². The number of halogens is 3. The van der Waals surface area contributed by atoms with Gasteiger partial charge in [-0.25, -0.2) is 0 Å². The van der Waals surface area contributed by atoms with Gasteiger partial charge in [0.15, 0.2) is 0 Å². The number of carbonyl (C=O) groups is 1. The number of likely N-dealkylation sites (tertiary alicyclic amines) is 2. The Morgan fingerprint density at radius 3 is 2.72 bits per heavy atom. The summed E-state index contributed by atoms with van der Waals surface area (Å²) < 4.78 is 44.1.